The summed E-state index contributed by atoms with van der Waals surface area (Å²) in [6.45, 7) is 0.563. The van der Waals surface area contributed by atoms with Crippen molar-refractivity contribution < 1.29 is 57.1 Å². The molecule has 3 aromatic carbocycles. The molecule has 0 N–H and O–H groups in total. The average molecular weight is 514 g/mol. The van der Waals surface area contributed by atoms with Crippen molar-refractivity contribution in [2.24, 2.45) is 0 Å². The van der Waals surface area contributed by atoms with Crippen molar-refractivity contribution in [3.8, 4) is 22.9 Å². The highest BCUT2D eigenvalue weighted by Gasteiger charge is 2.33. The van der Waals surface area contributed by atoms with Gasteiger partial charge in [-0.1, -0.05) is 5.92 Å². The largest absolute Gasteiger partial charge is 0.251 e. The van der Waals surface area contributed by atoms with E-state index in [1.54, 1.807) is 5.82 Å². The highest BCUT2D eigenvalue weighted by Crippen LogP contribution is 2.34. The van der Waals surface area contributed by atoms with Gasteiger partial charge < -0.3 is 0 Å². The molecular weight excluding hydrogens is 510 g/mol. The molecule has 0 nitrogen and oxygen atoms in total. The Labute approximate surface area is 187 Å². The van der Waals surface area contributed by atoms with Crippen molar-refractivity contribution in [1.82, 2.24) is 0 Å². The number of rotatable bonds is 2. The van der Waals surface area contributed by atoms with Crippen LogP contribution in [0.4, 0.5) is 57.1 Å². The molecule has 0 saturated carbocycles. The van der Waals surface area contributed by atoms with Gasteiger partial charge in [-0.2, -0.15) is 0 Å². The van der Waals surface area contributed by atoms with Crippen LogP contribution in [0.3, 0.4) is 0 Å². The van der Waals surface area contributed by atoms with E-state index >= 15 is 0 Å². The van der Waals surface area contributed by atoms with Gasteiger partial charge in [0.25, 0.3) is 7.28 Å². The third-order valence-corrected chi connectivity index (χ3v) is 4.79. The second-order valence-corrected chi connectivity index (χ2v) is 6.79. The van der Waals surface area contributed by atoms with Gasteiger partial charge >= 0.3 is 0 Å². The van der Waals surface area contributed by atoms with E-state index in [1.807, 2.05) is 0 Å². The lowest BCUT2D eigenvalue weighted by atomic mass is 9.67. The number of halogens is 13. The Balaban J connectivity index is 2.31. The summed E-state index contributed by atoms with van der Waals surface area (Å²) < 4.78 is 180. The van der Waals surface area contributed by atoms with Gasteiger partial charge in [-0.25, -0.2) is 57.1 Å². The minimum atomic E-state index is -2.64. The summed E-state index contributed by atoms with van der Waals surface area (Å²) in [7, 11) is -1.44. The summed E-state index contributed by atoms with van der Waals surface area (Å²) in [6, 6.07) is 0. The first-order valence-electron chi connectivity index (χ1n) is 8.91. The molecule has 182 valence electrons. The van der Waals surface area contributed by atoms with Crippen LogP contribution in [0.25, 0.3) is 11.1 Å². The molecular formula is C21H4BF13. The quantitative estimate of drug-likeness (QED) is 0.139. The number of benzene rings is 3. The molecule has 0 bridgehead atoms. The van der Waals surface area contributed by atoms with Crippen LogP contribution in [-0.2, 0) is 0 Å². The van der Waals surface area contributed by atoms with Gasteiger partial charge in [0.2, 0.25) is 11.6 Å². The minimum Gasteiger partial charge on any atom is -0.206 e. The summed E-state index contributed by atoms with van der Waals surface area (Å²) >= 11 is 0. The van der Waals surface area contributed by atoms with Crippen LogP contribution in [0.5, 0.6) is 0 Å². The second kappa shape index (κ2) is 9.20. The van der Waals surface area contributed by atoms with Gasteiger partial charge in [-0.3, -0.25) is 0 Å². The zero-order valence-electron chi connectivity index (χ0n) is 16.6. The van der Waals surface area contributed by atoms with Crippen molar-refractivity contribution >= 4 is 12.7 Å². The lowest BCUT2D eigenvalue weighted by Crippen LogP contribution is -2.26. The summed E-state index contributed by atoms with van der Waals surface area (Å²) in [5, 5.41) is 0. The average Bonchev–Trinajstić information content (AvgIpc) is 2.84. The third kappa shape index (κ3) is 3.98. The summed E-state index contributed by atoms with van der Waals surface area (Å²) in [5.74, 6) is -28.2. The molecule has 3 rings (SSSR count). The molecule has 3 aromatic rings. The zero-order chi connectivity index (χ0) is 26.5. The molecule has 14 heteroatoms. The summed E-state index contributed by atoms with van der Waals surface area (Å²) in [5.41, 5.74) is -8.12. The van der Waals surface area contributed by atoms with Crippen LogP contribution < -0.4 is 5.46 Å². The van der Waals surface area contributed by atoms with Crippen molar-refractivity contribution in [2.45, 2.75) is 6.92 Å². The van der Waals surface area contributed by atoms with E-state index in [-0.39, 0.29) is 0 Å². The second-order valence-electron chi connectivity index (χ2n) is 6.79. The lowest BCUT2D eigenvalue weighted by molar-refractivity contribution is 0.376. The Morgan fingerprint density at radius 3 is 1.29 bits per heavy atom. The van der Waals surface area contributed by atoms with Crippen LogP contribution in [0.1, 0.15) is 11.1 Å². The fraction of sp³-hybridized carbons (Fsp3) is 0.0476. The van der Waals surface area contributed by atoms with Crippen LogP contribution in [0.2, 0.25) is 0 Å². The molecule has 35 heavy (non-hydrogen) atoms. The Kier molecular flexibility index (Phi) is 6.83. The first-order valence-corrected chi connectivity index (χ1v) is 8.91. The fourth-order valence-corrected chi connectivity index (χ4v) is 3.01. The molecule has 0 fully saturated rings. The van der Waals surface area contributed by atoms with E-state index in [0.29, 0.717) is 6.92 Å². The Morgan fingerprint density at radius 2 is 0.829 bits per heavy atom. The maximum Gasteiger partial charge on any atom is 0.251 e. The van der Waals surface area contributed by atoms with Crippen molar-refractivity contribution in [1.29, 1.82) is 0 Å². The molecule has 0 saturated heterocycles. The maximum absolute atomic E-state index is 14.8. The number of hydrogen-bond acceptors (Lipinski definition) is 0. The van der Waals surface area contributed by atoms with E-state index in [0.717, 1.165) is 0 Å². The van der Waals surface area contributed by atoms with Gasteiger partial charge in [0.05, 0.1) is 5.56 Å². The van der Waals surface area contributed by atoms with E-state index in [2.05, 4.69) is 0 Å². The molecule has 0 heterocycles. The van der Waals surface area contributed by atoms with Crippen molar-refractivity contribution in [2.75, 3.05) is 0 Å². The Morgan fingerprint density at radius 1 is 0.429 bits per heavy atom. The summed E-state index contributed by atoms with van der Waals surface area (Å²) in [4.78, 5) is 0. The molecule has 0 atom stereocenters. The molecule has 0 aliphatic carbocycles. The first-order chi connectivity index (χ1) is 16.2. The van der Waals surface area contributed by atoms with Crippen LogP contribution >= 0.6 is 0 Å². The Bertz CT molecular complexity index is 1410. The van der Waals surface area contributed by atoms with Crippen LogP contribution in [0.15, 0.2) is 0 Å². The molecule has 0 spiro atoms. The molecule has 0 amide bonds. The standard InChI is InChI=1S/C21H4BF13/c1-4-9(23)6(7-13(27)18(32)21(35)19(33)14(7)28)8(15(29)10(4)24)22-3-2-5-11(25)16(30)20(34)17(31)12(5)26/h22H,1H3. The first kappa shape index (κ1) is 26.0. The monoisotopic (exact) mass is 514 g/mol. The predicted molar refractivity (Wildman–Crippen MR) is 96.2 cm³/mol. The minimum absolute atomic E-state index is 0.563. The van der Waals surface area contributed by atoms with Gasteiger partial charge in [0, 0.05) is 11.1 Å². The van der Waals surface area contributed by atoms with Gasteiger partial charge in [-0.05, 0) is 12.4 Å². The normalized spacial score (nSPS) is 10.9. The van der Waals surface area contributed by atoms with Crippen LogP contribution in [-0.4, -0.2) is 7.28 Å². The van der Waals surface area contributed by atoms with E-state index in [1.165, 1.54) is 5.92 Å². The van der Waals surface area contributed by atoms with Crippen molar-refractivity contribution in [3.05, 3.63) is 86.8 Å². The zero-order valence-corrected chi connectivity index (χ0v) is 16.6. The summed E-state index contributed by atoms with van der Waals surface area (Å²) in [6.07, 6.45) is 0. The van der Waals surface area contributed by atoms with E-state index in [9.17, 15) is 57.1 Å². The molecule has 0 aliphatic heterocycles. The van der Waals surface area contributed by atoms with Gasteiger partial charge in [0.15, 0.2) is 58.2 Å². The third-order valence-electron chi connectivity index (χ3n) is 4.79. The molecule has 0 radical (unpaired) electrons. The Hall–Kier alpha value is -3.63. The van der Waals surface area contributed by atoms with Gasteiger partial charge in [0.1, 0.15) is 11.4 Å². The van der Waals surface area contributed by atoms with Crippen LogP contribution in [0, 0.1) is 94.3 Å². The number of hydrogen-bond donors (Lipinski definition) is 0. The highest BCUT2D eigenvalue weighted by molar-refractivity contribution is 6.63. The molecule has 0 unspecified atom stereocenters. The topological polar surface area (TPSA) is 0 Å². The predicted octanol–water partition coefficient (Wildman–Crippen LogP) is 5.54. The smallest absolute Gasteiger partial charge is 0.206 e. The highest BCUT2D eigenvalue weighted by atomic mass is 19.2. The van der Waals surface area contributed by atoms with Crippen molar-refractivity contribution in [3.63, 3.8) is 0 Å². The maximum atomic E-state index is 14.8. The molecule has 0 aliphatic rings. The SMILES string of the molecule is Cc1c(F)c(F)c(BC#Cc2c(F)c(F)c(F)c(F)c2F)c(-c2c(F)c(F)c(F)c(F)c2F)c1F. The molecule has 0 aromatic heterocycles. The van der Waals surface area contributed by atoms with Gasteiger partial charge in [-0.15, -0.1) is 5.82 Å². The van der Waals surface area contributed by atoms with E-state index < -0.39 is 111 Å². The van der Waals surface area contributed by atoms with E-state index in [4.69, 9.17) is 0 Å². The fourth-order valence-electron chi connectivity index (χ4n) is 3.01. The lowest BCUT2D eigenvalue weighted by Gasteiger charge is -2.16.